The number of aryl methyl sites for hydroxylation is 2. The van der Waals surface area contributed by atoms with Gasteiger partial charge in [-0.2, -0.15) is 0 Å². The van der Waals surface area contributed by atoms with Gasteiger partial charge in [-0.05, 0) is 67.9 Å². The lowest BCUT2D eigenvalue weighted by Crippen LogP contribution is -2.14. The average molecular weight is 479 g/mol. The van der Waals surface area contributed by atoms with Gasteiger partial charge in [0, 0.05) is 29.7 Å². The molecule has 0 atom stereocenters. The van der Waals surface area contributed by atoms with E-state index in [9.17, 15) is 9.59 Å². The Kier molecular flexibility index (Phi) is 6.10. The molecule has 0 aliphatic rings. The third kappa shape index (κ3) is 5.20. The first-order valence-electron chi connectivity index (χ1n) is 11.2. The van der Waals surface area contributed by atoms with Crippen LogP contribution in [0, 0.1) is 13.8 Å². The summed E-state index contributed by atoms with van der Waals surface area (Å²) in [6.45, 7) is 3.80. The van der Waals surface area contributed by atoms with Gasteiger partial charge in [-0.25, -0.2) is 15.0 Å². The van der Waals surface area contributed by atoms with Gasteiger partial charge in [-0.1, -0.05) is 12.1 Å². The molecule has 0 aliphatic carbocycles. The molecule has 0 bridgehead atoms. The van der Waals surface area contributed by atoms with Crippen molar-refractivity contribution in [2.24, 2.45) is 0 Å². The van der Waals surface area contributed by atoms with Crippen molar-refractivity contribution in [1.82, 2.24) is 15.0 Å². The van der Waals surface area contributed by atoms with Crippen LogP contribution in [0.4, 0.5) is 28.8 Å². The van der Waals surface area contributed by atoms with Gasteiger partial charge in [0.25, 0.3) is 5.91 Å². The molecule has 9 heteroatoms. The molecule has 3 N–H and O–H groups in total. The molecule has 3 aromatic heterocycles. The Hall–Kier alpha value is -5.05. The number of nitrogens with zero attached hydrogens (tertiary/aromatic N) is 3. The summed E-state index contributed by atoms with van der Waals surface area (Å²) in [6, 6.07) is 20.7. The van der Waals surface area contributed by atoms with Gasteiger partial charge in [-0.15, -0.1) is 0 Å². The van der Waals surface area contributed by atoms with Crippen LogP contribution in [0.5, 0.6) is 0 Å². The number of pyridine rings is 1. The maximum absolute atomic E-state index is 12.6. The van der Waals surface area contributed by atoms with Gasteiger partial charge < -0.3 is 20.4 Å². The molecule has 9 nitrogen and oxygen atoms in total. The van der Waals surface area contributed by atoms with Crippen LogP contribution in [-0.4, -0.2) is 20.9 Å². The smallest absolute Gasteiger partial charge is 0.291 e. The Morgan fingerprint density at radius 3 is 2.31 bits per heavy atom. The molecule has 0 saturated heterocycles. The van der Waals surface area contributed by atoms with Crippen LogP contribution in [0.1, 0.15) is 21.9 Å². The number of para-hydroxylation sites is 1. The zero-order valence-corrected chi connectivity index (χ0v) is 19.6. The number of anilines is 5. The number of fused-ring (bicyclic) bond motifs is 1. The van der Waals surface area contributed by atoms with Crippen LogP contribution in [0.2, 0.25) is 0 Å². The van der Waals surface area contributed by atoms with E-state index in [4.69, 9.17) is 4.42 Å². The summed E-state index contributed by atoms with van der Waals surface area (Å²) in [4.78, 5) is 38.1. The fourth-order valence-electron chi connectivity index (χ4n) is 3.62. The lowest BCUT2D eigenvalue weighted by atomic mass is 10.2. The molecule has 36 heavy (non-hydrogen) atoms. The van der Waals surface area contributed by atoms with Crippen LogP contribution >= 0.6 is 0 Å². The molecular weight excluding hydrogens is 456 g/mol. The van der Waals surface area contributed by atoms with Gasteiger partial charge in [0.15, 0.2) is 11.2 Å². The summed E-state index contributed by atoms with van der Waals surface area (Å²) in [5.74, 6) is 1.94. The minimum Gasteiger partial charge on any atom is -0.451 e. The molecule has 5 rings (SSSR count). The zero-order valence-electron chi connectivity index (χ0n) is 19.6. The molecule has 0 aliphatic heterocycles. The summed E-state index contributed by atoms with van der Waals surface area (Å²) in [5.41, 5.74) is 2.50. The van der Waals surface area contributed by atoms with E-state index >= 15 is 0 Å². The highest BCUT2D eigenvalue weighted by Gasteiger charge is 2.13. The third-order valence-corrected chi connectivity index (χ3v) is 5.28. The number of rotatable bonds is 6. The number of hydrogen-bond acceptors (Lipinski definition) is 8. The van der Waals surface area contributed by atoms with E-state index in [-0.39, 0.29) is 11.2 Å². The first-order valence-corrected chi connectivity index (χ1v) is 11.2. The number of carbonyl (C=O) groups excluding carboxylic acids is 1. The quantitative estimate of drug-likeness (QED) is 0.299. The van der Waals surface area contributed by atoms with Gasteiger partial charge in [0.1, 0.15) is 28.9 Å². The van der Waals surface area contributed by atoms with E-state index in [0.29, 0.717) is 39.9 Å². The summed E-state index contributed by atoms with van der Waals surface area (Å²) in [5, 5.41) is 9.61. The van der Waals surface area contributed by atoms with E-state index in [2.05, 4.69) is 30.9 Å². The van der Waals surface area contributed by atoms with Gasteiger partial charge in [-0.3, -0.25) is 9.59 Å². The summed E-state index contributed by atoms with van der Waals surface area (Å²) in [6.07, 6.45) is 1.74. The molecule has 0 unspecified atom stereocenters. The number of carbonyl (C=O) groups is 1. The predicted octanol–water partition coefficient (Wildman–Crippen LogP) is 5.33. The van der Waals surface area contributed by atoms with E-state index in [0.717, 1.165) is 11.3 Å². The number of nitrogens with one attached hydrogen (secondary N) is 3. The number of amides is 1. The van der Waals surface area contributed by atoms with Crippen molar-refractivity contribution in [2.45, 2.75) is 13.8 Å². The Morgan fingerprint density at radius 1 is 0.806 bits per heavy atom. The molecule has 2 aromatic carbocycles. The fraction of sp³-hybridized carbons (Fsp3) is 0.0741. The standard InChI is InChI=1S/C27H22N6O3/c1-16-11-12-28-24(13-16)33-26-15-25(29-17(2)30-26)31-18-7-9-19(10-8-18)32-27(35)23-14-21(34)20-5-3-4-6-22(20)36-23/h3-15H,1-2H3,(H,32,35)(H2,28,29,30,31,33). The molecule has 0 spiro atoms. The van der Waals surface area contributed by atoms with Gasteiger partial charge in [0.2, 0.25) is 0 Å². The highest BCUT2D eigenvalue weighted by Crippen LogP contribution is 2.22. The number of aromatic nitrogens is 3. The Balaban J connectivity index is 1.28. The van der Waals surface area contributed by atoms with Crippen molar-refractivity contribution in [3.8, 4) is 0 Å². The first kappa shape index (κ1) is 22.7. The maximum atomic E-state index is 12.6. The molecule has 178 valence electrons. The highest BCUT2D eigenvalue weighted by atomic mass is 16.3. The Bertz CT molecular complexity index is 1630. The summed E-state index contributed by atoms with van der Waals surface area (Å²) < 4.78 is 5.60. The molecule has 1 amide bonds. The second-order valence-corrected chi connectivity index (χ2v) is 8.16. The van der Waals surface area contributed by atoms with Crippen LogP contribution in [0.15, 0.2) is 88.2 Å². The van der Waals surface area contributed by atoms with E-state index in [1.54, 1.807) is 60.8 Å². The normalized spacial score (nSPS) is 10.7. The second-order valence-electron chi connectivity index (χ2n) is 8.16. The highest BCUT2D eigenvalue weighted by molar-refractivity contribution is 6.03. The van der Waals surface area contributed by atoms with E-state index < -0.39 is 5.91 Å². The van der Waals surface area contributed by atoms with Crippen molar-refractivity contribution in [3.05, 3.63) is 106 Å². The molecule has 0 radical (unpaired) electrons. The summed E-state index contributed by atoms with van der Waals surface area (Å²) in [7, 11) is 0. The largest absolute Gasteiger partial charge is 0.451 e. The van der Waals surface area contributed by atoms with Gasteiger partial charge >= 0.3 is 0 Å². The van der Waals surface area contributed by atoms with Crippen molar-refractivity contribution < 1.29 is 9.21 Å². The molecule has 0 saturated carbocycles. The second kappa shape index (κ2) is 9.67. The lowest BCUT2D eigenvalue weighted by Gasteiger charge is -2.11. The monoisotopic (exact) mass is 478 g/mol. The minimum absolute atomic E-state index is 0.0551. The van der Waals surface area contributed by atoms with Crippen LogP contribution in [0.25, 0.3) is 11.0 Å². The van der Waals surface area contributed by atoms with Crippen LogP contribution in [0.3, 0.4) is 0 Å². The number of benzene rings is 2. The van der Waals surface area contributed by atoms with Crippen LogP contribution < -0.4 is 21.4 Å². The molecule has 5 aromatic rings. The van der Waals surface area contributed by atoms with Gasteiger partial charge in [0.05, 0.1) is 5.39 Å². The van der Waals surface area contributed by atoms with Crippen LogP contribution in [-0.2, 0) is 0 Å². The van der Waals surface area contributed by atoms with Crippen molar-refractivity contribution >= 4 is 45.7 Å². The molecular formula is C27H22N6O3. The lowest BCUT2D eigenvalue weighted by molar-refractivity contribution is 0.0997. The number of hydrogen-bond donors (Lipinski definition) is 3. The predicted molar refractivity (Wildman–Crippen MR) is 139 cm³/mol. The van der Waals surface area contributed by atoms with Crippen molar-refractivity contribution in [1.29, 1.82) is 0 Å². The Labute approximate surface area is 206 Å². The average Bonchev–Trinajstić information content (AvgIpc) is 2.85. The van der Waals surface area contributed by atoms with Crippen molar-refractivity contribution in [2.75, 3.05) is 16.0 Å². The molecule has 0 fully saturated rings. The zero-order chi connectivity index (χ0) is 25.1. The summed E-state index contributed by atoms with van der Waals surface area (Å²) >= 11 is 0. The SMILES string of the molecule is Cc1ccnc(Nc2cc(Nc3ccc(NC(=O)c4cc(=O)c5ccccc5o4)cc3)nc(C)n2)c1. The van der Waals surface area contributed by atoms with E-state index in [1.807, 2.05) is 26.0 Å². The minimum atomic E-state index is -0.509. The molecule has 3 heterocycles. The van der Waals surface area contributed by atoms with Crippen molar-refractivity contribution in [3.63, 3.8) is 0 Å². The third-order valence-electron chi connectivity index (χ3n) is 5.28. The first-order chi connectivity index (χ1) is 17.4. The topological polar surface area (TPSA) is 122 Å². The Morgan fingerprint density at radius 2 is 1.53 bits per heavy atom. The van der Waals surface area contributed by atoms with E-state index in [1.165, 1.54) is 6.07 Å². The maximum Gasteiger partial charge on any atom is 0.291 e. The fourth-order valence-corrected chi connectivity index (χ4v) is 3.62.